The maximum absolute atomic E-state index is 13.0. The van der Waals surface area contributed by atoms with Crippen LogP contribution in [0.5, 0.6) is 5.75 Å². The molecule has 2 aromatic carbocycles. The van der Waals surface area contributed by atoms with Crippen molar-refractivity contribution in [3.8, 4) is 5.75 Å². The Bertz CT molecular complexity index is 867. The monoisotopic (exact) mass is 383 g/mol. The number of ether oxygens (including phenoxy) is 1. The van der Waals surface area contributed by atoms with Crippen molar-refractivity contribution in [1.29, 1.82) is 0 Å². The van der Waals surface area contributed by atoms with Gasteiger partial charge in [-0.05, 0) is 68.2 Å². The second-order valence-corrected chi connectivity index (χ2v) is 7.98. The fraction of sp³-hybridized carbons (Fsp3) is 0.435. The number of likely N-dealkylation sites (tertiary alicyclic amines) is 1. The Labute approximate surface area is 164 Å². The Morgan fingerprint density at radius 1 is 1.29 bits per heavy atom. The van der Waals surface area contributed by atoms with Gasteiger partial charge in [0.1, 0.15) is 11.6 Å². The zero-order valence-corrected chi connectivity index (χ0v) is 16.2. The zero-order valence-electron chi connectivity index (χ0n) is 16.2. The maximum Gasteiger partial charge on any atom is 0.162 e. The van der Waals surface area contributed by atoms with Gasteiger partial charge in [-0.15, -0.1) is 0 Å². The van der Waals surface area contributed by atoms with Crippen molar-refractivity contribution in [1.82, 2.24) is 4.90 Å². The van der Waals surface area contributed by atoms with E-state index < -0.39 is 6.10 Å². The number of aliphatic hydroxyl groups is 1. The van der Waals surface area contributed by atoms with Crippen molar-refractivity contribution in [2.24, 2.45) is 0 Å². The molecule has 0 saturated carbocycles. The van der Waals surface area contributed by atoms with Crippen LogP contribution in [0, 0.1) is 5.82 Å². The minimum absolute atomic E-state index is 0.0236. The predicted molar refractivity (Wildman–Crippen MR) is 105 cm³/mol. The van der Waals surface area contributed by atoms with Gasteiger partial charge in [0, 0.05) is 29.5 Å². The summed E-state index contributed by atoms with van der Waals surface area (Å²) in [4.78, 5) is 14.7. The molecule has 0 amide bonds. The zero-order chi connectivity index (χ0) is 19.7. The van der Waals surface area contributed by atoms with Crippen LogP contribution >= 0.6 is 0 Å². The molecule has 1 heterocycles. The minimum Gasteiger partial charge on any atom is -0.496 e. The number of Topliss-reactive ketones (excluding diaryl/α,β-unsaturated/α-hetero) is 1. The Balaban J connectivity index is 1.37. The molecule has 4 rings (SSSR count). The number of methoxy groups -OCH3 is 1. The van der Waals surface area contributed by atoms with Crippen LogP contribution in [0.1, 0.15) is 53.3 Å². The van der Waals surface area contributed by atoms with Crippen LogP contribution in [0.25, 0.3) is 0 Å². The molecule has 2 unspecified atom stereocenters. The van der Waals surface area contributed by atoms with Gasteiger partial charge in [-0.2, -0.15) is 0 Å². The first-order valence-corrected chi connectivity index (χ1v) is 9.89. The first kappa shape index (κ1) is 19.1. The van der Waals surface area contributed by atoms with Crippen molar-refractivity contribution in [3.05, 3.63) is 65.0 Å². The highest BCUT2D eigenvalue weighted by molar-refractivity contribution is 5.95. The molecule has 2 aromatic rings. The van der Waals surface area contributed by atoms with Crippen LogP contribution in [0.3, 0.4) is 0 Å². The highest BCUT2D eigenvalue weighted by Gasteiger charge is 2.48. The van der Waals surface area contributed by atoms with Crippen LogP contribution in [0.15, 0.2) is 42.5 Å². The second-order valence-electron chi connectivity index (χ2n) is 7.98. The van der Waals surface area contributed by atoms with Gasteiger partial charge in [0.25, 0.3) is 0 Å². The number of ketones is 1. The summed E-state index contributed by atoms with van der Waals surface area (Å²) in [6.07, 6.45) is 2.50. The van der Waals surface area contributed by atoms with E-state index in [1.165, 1.54) is 17.7 Å². The lowest BCUT2D eigenvalue weighted by Gasteiger charge is -2.25. The van der Waals surface area contributed by atoms with E-state index in [1.54, 1.807) is 19.2 Å². The van der Waals surface area contributed by atoms with Gasteiger partial charge in [-0.3, -0.25) is 4.79 Å². The fourth-order valence-electron chi connectivity index (χ4n) is 4.89. The molecule has 1 fully saturated rings. The van der Waals surface area contributed by atoms with Gasteiger partial charge in [-0.25, -0.2) is 4.39 Å². The van der Waals surface area contributed by atoms with E-state index in [0.717, 1.165) is 50.2 Å². The Hall–Kier alpha value is -2.24. The fourth-order valence-corrected chi connectivity index (χ4v) is 4.89. The number of nitrogens with zero attached hydrogens (tertiary/aromatic N) is 1. The van der Waals surface area contributed by atoms with Gasteiger partial charge < -0.3 is 14.7 Å². The molecule has 2 atom stereocenters. The van der Waals surface area contributed by atoms with Crippen LogP contribution in [-0.4, -0.2) is 42.5 Å². The third kappa shape index (κ3) is 3.45. The summed E-state index contributed by atoms with van der Waals surface area (Å²) in [5.74, 6) is 0.500. The molecule has 1 saturated heterocycles. The highest BCUT2D eigenvalue weighted by atomic mass is 19.1. The molecular formula is C23H26FNO3. The van der Waals surface area contributed by atoms with Crippen molar-refractivity contribution in [2.75, 3.05) is 26.7 Å². The number of aliphatic hydroxyl groups excluding tert-OH is 1. The van der Waals surface area contributed by atoms with Gasteiger partial charge in [0.15, 0.2) is 5.78 Å². The molecule has 4 nitrogen and oxygen atoms in total. The molecule has 1 spiro atoms. The molecule has 1 aliphatic heterocycles. The Morgan fingerprint density at radius 2 is 2.07 bits per heavy atom. The first-order chi connectivity index (χ1) is 13.5. The van der Waals surface area contributed by atoms with Gasteiger partial charge in [0.2, 0.25) is 0 Å². The number of hydrogen-bond acceptors (Lipinski definition) is 4. The van der Waals surface area contributed by atoms with Crippen molar-refractivity contribution < 1.29 is 19.0 Å². The molecule has 0 bridgehead atoms. The van der Waals surface area contributed by atoms with Crippen molar-refractivity contribution in [2.45, 2.75) is 37.2 Å². The summed E-state index contributed by atoms with van der Waals surface area (Å²) >= 11 is 0. The quantitative estimate of drug-likeness (QED) is 0.769. The van der Waals surface area contributed by atoms with Gasteiger partial charge in [0.05, 0.1) is 13.2 Å². The summed E-state index contributed by atoms with van der Waals surface area (Å²) < 4.78 is 18.5. The first-order valence-electron chi connectivity index (χ1n) is 9.89. The van der Waals surface area contributed by atoms with Crippen LogP contribution < -0.4 is 4.74 Å². The molecule has 5 heteroatoms. The SMILES string of the molecule is COc1cccc2c1C(O)CC21CCN(CCCC(=O)c2ccc(F)cc2)C1. The summed E-state index contributed by atoms with van der Waals surface area (Å²) in [5.41, 5.74) is 2.70. The summed E-state index contributed by atoms with van der Waals surface area (Å²) in [5, 5.41) is 10.6. The van der Waals surface area contributed by atoms with E-state index >= 15 is 0 Å². The second kappa shape index (κ2) is 7.64. The molecule has 0 radical (unpaired) electrons. The molecule has 148 valence electrons. The van der Waals surface area contributed by atoms with E-state index in [-0.39, 0.29) is 17.0 Å². The van der Waals surface area contributed by atoms with Crippen LogP contribution in [0.4, 0.5) is 4.39 Å². The lowest BCUT2D eigenvalue weighted by atomic mass is 9.81. The number of fused-ring (bicyclic) bond motifs is 2. The predicted octanol–water partition coefficient (Wildman–Crippen LogP) is 3.88. The van der Waals surface area contributed by atoms with Gasteiger partial charge >= 0.3 is 0 Å². The largest absolute Gasteiger partial charge is 0.496 e. The van der Waals surface area contributed by atoms with Crippen molar-refractivity contribution in [3.63, 3.8) is 0 Å². The minimum atomic E-state index is -0.480. The van der Waals surface area contributed by atoms with Crippen LogP contribution in [-0.2, 0) is 5.41 Å². The maximum atomic E-state index is 13.0. The highest BCUT2D eigenvalue weighted by Crippen LogP contribution is 2.52. The lowest BCUT2D eigenvalue weighted by Crippen LogP contribution is -2.30. The number of benzene rings is 2. The average molecular weight is 383 g/mol. The standard InChI is InChI=1S/C23H26FNO3/c1-28-21-6-2-4-18-22(21)20(27)14-23(18)11-13-25(15-23)12-3-5-19(26)16-7-9-17(24)10-8-16/h2,4,6-10,20,27H,3,5,11-15H2,1H3. The molecule has 2 aliphatic rings. The van der Waals surface area contributed by atoms with E-state index in [1.807, 2.05) is 12.1 Å². The number of halogens is 1. The smallest absolute Gasteiger partial charge is 0.162 e. The number of carbonyl (C=O) groups is 1. The topological polar surface area (TPSA) is 49.8 Å². The summed E-state index contributed by atoms with van der Waals surface area (Å²) in [7, 11) is 1.65. The molecule has 1 aliphatic carbocycles. The number of carbonyl (C=O) groups excluding carboxylic acids is 1. The third-order valence-corrected chi connectivity index (χ3v) is 6.25. The third-order valence-electron chi connectivity index (χ3n) is 6.25. The Kier molecular flexibility index (Phi) is 5.21. The molecule has 0 aromatic heterocycles. The molecule has 28 heavy (non-hydrogen) atoms. The van der Waals surface area contributed by atoms with E-state index in [0.29, 0.717) is 12.0 Å². The van der Waals surface area contributed by atoms with E-state index in [4.69, 9.17) is 4.74 Å². The van der Waals surface area contributed by atoms with Gasteiger partial charge in [-0.1, -0.05) is 12.1 Å². The normalized spacial score (nSPS) is 23.9. The number of hydrogen-bond donors (Lipinski definition) is 1. The number of rotatable bonds is 6. The van der Waals surface area contributed by atoms with Crippen molar-refractivity contribution >= 4 is 5.78 Å². The molecule has 1 N–H and O–H groups in total. The lowest BCUT2D eigenvalue weighted by molar-refractivity contribution is 0.0975. The van der Waals surface area contributed by atoms with E-state index in [9.17, 15) is 14.3 Å². The molecular weight excluding hydrogens is 357 g/mol. The van der Waals surface area contributed by atoms with Crippen LogP contribution in [0.2, 0.25) is 0 Å². The van der Waals surface area contributed by atoms with E-state index in [2.05, 4.69) is 11.0 Å². The summed E-state index contributed by atoms with van der Waals surface area (Å²) in [6.45, 7) is 2.72. The average Bonchev–Trinajstić information content (AvgIpc) is 3.23. The summed E-state index contributed by atoms with van der Waals surface area (Å²) in [6, 6.07) is 11.8. The Morgan fingerprint density at radius 3 is 2.82 bits per heavy atom.